The molecular weight excluding hydrogens is 292 g/mol. The summed E-state index contributed by atoms with van der Waals surface area (Å²) in [6.07, 6.45) is 0.253. The van der Waals surface area contributed by atoms with Crippen molar-refractivity contribution in [3.8, 4) is 0 Å². The molecule has 2 rings (SSSR count). The molecule has 112 valence electrons. The van der Waals surface area contributed by atoms with Gasteiger partial charge in [0, 0.05) is 36.0 Å². The van der Waals surface area contributed by atoms with Gasteiger partial charge in [0.2, 0.25) is 0 Å². The summed E-state index contributed by atoms with van der Waals surface area (Å²) in [6.45, 7) is 8.49. The summed E-state index contributed by atoms with van der Waals surface area (Å²) in [6, 6.07) is 5.65. The number of halogens is 1. The number of hydrogen-bond donors (Lipinski definition) is 1. The fraction of sp³-hybridized carbons (Fsp3) is 0.600. The third-order valence-corrected chi connectivity index (χ3v) is 4.97. The van der Waals surface area contributed by atoms with Crippen LogP contribution in [0.4, 0.5) is 5.69 Å². The fourth-order valence-electron chi connectivity index (χ4n) is 2.42. The zero-order valence-corrected chi connectivity index (χ0v) is 13.7. The molecule has 0 spiro atoms. The lowest BCUT2D eigenvalue weighted by Crippen LogP contribution is -2.44. The lowest BCUT2D eigenvalue weighted by molar-refractivity contribution is -0.0191. The van der Waals surface area contributed by atoms with Crippen LogP contribution in [0.2, 0.25) is 5.02 Å². The van der Waals surface area contributed by atoms with Crippen molar-refractivity contribution in [1.82, 2.24) is 4.90 Å². The molecule has 0 amide bonds. The molecule has 5 heteroatoms. The summed E-state index contributed by atoms with van der Waals surface area (Å²) in [4.78, 5) is 3.45. The van der Waals surface area contributed by atoms with E-state index in [9.17, 15) is 0 Å². The number of ether oxygens (including phenoxy) is 1. The van der Waals surface area contributed by atoms with Crippen LogP contribution in [-0.2, 0) is 4.74 Å². The first-order valence-electron chi connectivity index (χ1n) is 7.07. The largest absolute Gasteiger partial charge is 0.398 e. The fourth-order valence-corrected chi connectivity index (χ4v) is 3.76. The van der Waals surface area contributed by atoms with Gasteiger partial charge in [-0.3, -0.25) is 4.90 Å². The number of anilines is 1. The zero-order chi connectivity index (χ0) is 14.5. The Balaban J connectivity index is 1.87. The highest BCUT2D eigenvalue weighted by Gasteiger charge is 2.21. The van der Waals surface area contributed by atoms with Gasteiger partial charge in [-0.15, -0.1) is 11.8 Å². The number of benzene rings is 1. The monoisotopic (exact) mass is 314 g/mol. The average molecular weight is 315 g/mol. The molecule has 1 unspecified atom stereocenters. The van der Waals surface area contributed by atoms with Crippen molar-refractivity contribution in [2.75, 3.05) is 37.7 Å². The third kappa shape index (κ3) is 4.55. The van der Waals surface area contributed by atoms with E-state index < -0.39 is 0 Å². The molecule has 1 aromatic rings. The molecule has 1 saturated heterocycles. The van der Waals surface area contributed by atoms with E-state index in [1.165, 1.54) is 0 Å². The lowest BCUT2D eigenvalue weighted by Gasteiger charge is -2.33. The maximum Gasteiger partial charge on any atom is 0.0796 e. The maximum atomic E-state index is 6.19. The molecule has 1 atom stereocenters. The number of thioether (sulfide) groups is 1. The van der Waals surface area contributed by atoms with Gasteiger partial charge in [0.15, 0.2) is 0 Å². The van der Waals surface area contributed by atoms with Crippen LogP contribution in [0.25, 0.3) is 0 Å². The van der Waals surface area contributed by atoms with E-state index in [0.717, 1.165) is 47.6 Å². The number of rotatable bonds is 5. The minimum Gasteiger partial charge on any atom is -0.398 e. The molecule has 0 saturated carbocycles. The van der Waals surface area contributed by atoms with E-state index in [0.29, 0.717) is 5.92 Å². The second-order valence-corrected chi connectivity index (χ2v) is 7.05. The smallest absolute Gasteiger partial charge is 0.0796 e. The van der Waals surface area contributed by atoms with E-state index in [-0.39, 0.29) is 6.10 Å². The molecule has 1 aromatic carbocycles. The molecule has 3 nitrogen and oxygen atoms in total. The van der Waals surface area contributed by atoms with Crippen LogP contribution >= 0.6 is 23.4 Å². The number of nitrogens with zero attached hydrogens (tertiary/aromatic N) is 1. The van der Waals surface area contributed by atoms with Gasteiger partial charge in [0.05, 0.1) is 17.7 Å². The SMILES string of the molecule is CC(C)CN1CCOC(CSc2c(N)cccc2Cl)C1. The standard InChI is InChI=1S/C15H23ClN2OS/c1-11(2)8-18-6-7-19-12(9-18)10-20-15-13(16)4-3-5-14(15)17/h3-5,11-12H,6-10,17H2,1-2H3. The first kappa shape index (κ1) is 16.0. The Morgan fingerprint density at radius 2 is 2.30 bits per heavy atom. The van der Waals surface area contributed by atoms with E-state index in [2.05, 4.69) is 18.7 Å². The number of nitrogens with two attached hydrogens (primary N) is 1. The molecule has 1 aliphatic rings. The molecule has 0 aromatic heterocycles. The first-order chi connectivity index (χ1) is 9.56. The van der Waals surface area contributed by atoms with Crippen LogP contribution in [0.1, 0.15) is 13.8 Å². The molecule has 0 radical (unpaired) electrons. The molecular formula is C15H23ClN2OS. The molecule has 0 aliphatic carbocycles. The van der Waals surface area contributed by atoms with E-state index in [4.69, 9.17) is 22.1 Å². The summed E-state index contributed by atoms with van der Waals surface area (Å²) in [7, 11) is 0. The predicted octanol–water partition coefficient (Wildman–Crippen LogP) is 3.37. The van der Waals surface area contributed by atoms with Crippen LogP contribution < -0.4 is 5.73 Å². The lowest BCUT2D eigenvalue weighted by atomic mass is 10.2. The summed E-state index contributed by atoms with van der Waals surface area (Å²) >= 11 is 7.89. The quantitative estimate of drug-likeness (QED) is 0.668. The van der Waals surface area contributed by atoms with Gasteiger partial charge in [0.1, 0.15) is 0 Å². The van der Waals surface area contributed by atoms with Crippen molar-refractivity contribution in [2.24, 2.45) is 5.92 Å². The highest BCUT2D eigenvalue weighted by atomic mass is 35.5. The predicted molar refractivity (Wildman–Crippen MR) is 87.6 cm³/mol. The second kappa shape index (κ2) is 7.55. The number of morpholine rings is 1. The Labute approximate surface area is 130 Å². The summed E-state index contributed by atoms with van der Waals surface area (Å²) in [5.41, 5.74) is 6.72. The minimum absolute atomic E-state index is 0.253. The van der Waals surface area contributed by atoms with E-state index in [1.54, 1.807) is 11.8 Å². The maximum absolute atomic E-state index is 6.19. The van der Waals surface area contributed by atoms with Crippen molar-refractivity contribution in [3.05, 3.63) is 23.2 Å². The van der Waals surface area contributed by atoms with E-state index >= 15 is 0 Å². The molecule has 1 heterocycles. The Morgan fingerprint density at radius 1 is 1.50 bits per heavy atom. The van der Waals surface area contributed by atoms with Gasteiger partial charge in [-0.25, -0.2) is 0 Å². The summed E-state index contributed by atoms with van der Waals surface area (Å²) < 4.78 is 5.84. The third-order valence-electron chi connectivity index (χ3n) is 3.26. The van der Waals surface area contributed by atoms with Crippen LogP contribution in [0.3, 0.4) is 0 Å². The van der Waals surface area contributed by atoms with Gasteiger partial charge in [-0.1, -0.05) is 31.5 Å². The van der Waals surface area contributed by atoms with E-state index in [1.807, 2.05) is 18.2 Å². The summed E-state index contributed by atoms with van der Waals surface area (Å²) in [5.74, 6) is 1.59. The Kier molecular flexibility index (Phi) is 6.02. The molecule has 1 fully saturated rings. The molecule has 1 aliphatic heterocycles. The first-order valence-corrected chi connectivity index (χ1v) is 8.43. The van der Waals surface area contributed by atoms with Crippen molar-refractivity contribution < 1.29 is 4.74 Å². The molecule has 2 N–H and O–H groups in total. The Morgan fingerprint density at radius 3 is 3.00 bits per heavy atom. The second-order valence-electron chi connectivity index (χ2n) is 5.62. The zero-order valence-electron chi connectivity index (χ0n) is 12.1. The number of nitrogen functional groups attached to an aromatic ring is 1. The van der Waals surface area contributed by atoms with Gasteiger partial charge < -0.3 is 10.5 Å². The van der Waals surface area contributed by atoms with Gasteiger partial charge >= 0.3 is 0 Å². The van der Waals surface area contributed by atoms with Crippen molar-refractivity contribution in [3.63, 3.8) is 0 Å². The van der Waals surface area contributed by atoms with Crippen LogP contribution in [0.5, 0.6) is 0 Å². The van der Waals surface area contributed by atoms with Crippen molar-refractivity contribution in [1.29, 1.82) is 0 Å². The summed E-state index contributed by atoms with van der Waals surface area (Å²) in [5, 5.41) is 0.727. The topological polar surface area (TPSA) is 38.5 Å². The van der Waals surface area contributed by atoms with Gasteiger partial charge in [-0.05, 0) is 18.1 Å². The van der Waals surface area contributed by atoms with Gasteiger partial charge in [0.25, 0.3) is 0 Å². The van der Waals surface area contributed by atoms with Crippen LogP contribution in [0.15, 0.2) is 23.1 Å². The molecule has 0 bridgehead atoms. The number of hydrogen-bond acceptors (Lipinski definition) is 4. The van der Waals surface area contributed by atoms with Crippen LogP contribution in [-0.4, -0.2) is 43.0 Å². The van der Waals surface area contributed by atoms with Gasteiger partial charge in [-0.2, -0.15) is 0 Å². The van der Waals surface area contributed by atoms with Crippen LogP contribution in [0, 0.1) is 5.92 Å². The Hall–Kier alpha value is -0.420. The Bertz CT molecular complexity index is 422. The highest BCUT2D eigenvalue weighted by molar-refractivity contribution is 7.99. The molecule has 20 heavy (non-hydrogen) atoms. The van der Waals surface area contributed by atoms with Crippen molar-refractivity contribution in [2.45, 2.75) is 24.8 Å². The average Bonchev–Trinajstić information content (AvgIpc) is 2.38. The highest BCUT2D eigenvalue weighted by Crippen LogP contribution is 2.33. The normalized spacial score (nSPS) is 20.5. The minimum atomic E-state index is 0.253. The van der Waals surface area contributed by atoms with Crippen molar-refractivity contribution >= 4 is 29.1 Å².